The number of aliphatic hydroxyl groups is 1. The molecule has 0 aliphatic heterocycles. The van der Waals surface area contributed by atoms with Gasteiger partial charge in [-0.1, -0.05) is 12.8 Å². The van der Waals surface area contributed by atoms with Gasteiger partial charge in [0, 0.05) is 19.0 Å². The normalized spacial score (nSPS) is 17.6. The molecule has 0 saturated heterocycles. The molecule has 3 rings (SSSR count). The van der Waals surface area contributed by atoms with Crippen LogP contribution in [0.4, 0.5) is 0 Å². The van der Waals surface area contributed by atoms with Gasteiger partial charge in [-0.25, -0.2) is 0 Å². The van der Waals surface area contributed by atoms with Crippen molar-refractivity contribution >= 4 is 0 Å². The summed E-state index contributed by atoms with van der Waals surface area (Å²) >= 11 is 0. The van der Waals surface area contributed by atoms with Crippen LogP contribution in [0.3, 0.4) is 0 Å². The predicted octanol–water partition coefficient (Wildman–Crippen LogP) is 3.13. The average Bonchev–Trinajstić information content (AvgIpc) is 3.18. The molecule has 0 amide bonds. The van der Waals surface area contributed by atoms with E-state index in [4.69, 9.17) is 4.42 Å². The van der Waals surface area contributed by atoms with Crippen LogP contribution in [-0.4, -0.2) is 21.0 Å². The third-order valence-corrected chi connectivity index (χ3v) is 4.11. The topological polar surface area (TPSA) is 51.2 Å². The van der Waals surface area contributed by atoms with E-state index in [0.29, 0.717) is 18.9 Å². The van der Waals surface area contributed by atoms with Gasteiger partial charge >= 0.3 is 0 Å². The van der Waals surface area contributed by atoms with Crippen LogP contribution in [0.25, 0.3) is 0 Å². The second-order valence-corrected chi connectivity index (χ2v) is 5.70. The molecular formula is C16H22N2O2. The number of furan rings is 1. The fraction of sp³-hybridized carbons (Fsp3) is 0.562. The van der Waals surface area contributed by atoms with Crippen LogP contribution in [0.5, 0.6) is 0 Å². The van der Waals surface area contributed by atoms with E-state index < -0.39 is 0 Å². The molecule has 1 aliphatic rings. The Bertz CT molecular complexity index is 512. The standard InChI is InChI=1S/C16H22N2O2/c19-15(7-8-16-6-3-11-20-16)12-13-9-10-18(17-13)14-4-1-2-5-14/h3,6,9-11,14-15,19H,1-2,4-5,7-8,12H2. The quantitative estimate of drug-likeness (QED) is 0.880. The van der Waals surface area contributed by atoms with Crippen molar-refractivity contribution < 1.29 is 9.52 Å². The van der Waals surface area contributed by atoms with Crippen LogP contribution in [0.2, 0.25) is 0 Å². The Morgan fingerprint density at radius 1 is 1.35 bits per heavy atom. The minimum Gasteiger partial charge on any atom is -0.469 e. The maximum absolute atomic E-state index is 10.1. The predicted molar refractivity (Wildman–Crippen MR) is 76.5 cm³/mol. The number of hydrogen-bond acceptors (Lipinski definition) is 3. The summed E-state index contributed by atoms with van der Waals surface area (Å²) in [6.45, 7) is 0. The van der Waals surface area contributed by atoms with Gasteiger partial charge in [0.05, 0.1) is 24.1 Å². The molecular weight excluding hydrogens is 252 g/mol. The zero-order valence-electron chi connectivity index (χ0n) is 11.7. The van der Waals surface area contributed by atoms with Gasteiger partial charge in [0.1, 0.15) is 5.76 Å². The molecule has 20 heavy (non-hydrogen) atoms. The van der Waals surface area contributed by atoms with E-state index in [0.717, 1.165) is 17.9 Å². The monoisotopic (exact) mass is 274 g/mol. The molecule has 0 spiro atoms. The fourth-order valence-corrected chi connectivity index (χ4v) is 2.97. The Morgan fingerprint density at radius 3 is 2.95 bits per heavy atom. The van der Waals surface area contributed by atoms with Crippen molar-refractivity contribution in [3.05, 3.63) is 42.1 Å². The van der Waals surface area contributed by atoms with Crippen LogP contribution in [-0.2, 0) is 12.8 Å². The highest BCUT2D eigenvalue weighted by Crippen LogP contribution is 2.28. The molecule has 0 radical (unpaired) electrons. The van der Waals surface area contributed by atoms with Crippen LogP contribution in [0.15, 0.2) is 35.1 Å². The van der Waals surface area contributed by atoms with Crippen molar-refractivity contribution in [3.8, 4) is 0 Å². The van der Waals surface area contributed by atoms with Crippen molar-refractivity contribution in [2.45, 2.75) is 57.1 Å². The van der Waals surface area contributed by atoms with Gasteiger partial charge in [-0.2, -0.15) is 5.10 Å². The largest absolute Gasteiger partial charge is 0.469 e. The first-order chi connectivity index (χ1) is 9.81. The van der Waals surface area contributed by atoms with Crippen molar-refractivity contribution in [1.82, 2.24) is 9.78 Å². The number of aryl methyl sites for hydroxylation is 1. The molecule has 0 bridgehead atoms. The Balaban J connectivity index is 1.49. The van der Waals surface area contributed by atoms with E-state index in [1.165, 1.54) is 25.7 Å². The van der Waals surface area contributed by atoms with Crippen LogP contribution >= 0.6 is 0 Å². The van der Waals surface area contributed by atoms with Crippen molar-refractivity contribution in [1.29, 1.82) is 0 Å². The molecule has 0 aromatic carbocycles. The summed E-state index contributed by atoms with van der Waals surface area (Å²) in [5, 5.41) is 14.7. The summed E-state index contributed by atoms with van der Waals surface area (Å²) in [5.74, 6) is 0.931. The smallest absolute Gasteiger partial charge is 0.103 e. The zero-order valence-corrected chi connectivity index (χ0v) is 11.7. The minimum atomic E-state index is -0.355. The van der Waals surface area contributed by atoms with E-state index in [-0.39, 0.29) is 6.10 Å². The lowest BCUT2D eigenvalue weighted by molar-refractivity contribution is 0.161. The third-order valence-electron chi connectivity index (χ3n) is 4.11. The molecule has 1 unspecified atom stereocenters. The Kier molecular flexibility index (Phi) is 4.21. The van der Waals surface area contributed by atoms with Crippen LogP contribution in [0.1, 0.15) is 49.6 Å². The van der Waals surface area contributed by atoms with Crippen molar-refractivity contribution in [2.75, 3.05) is 0 Å². The number of nitrogens with zero attached hydrogens (tertiary/aromatic N) is 2. The molecule has 2 aromatic rings. The maximum atomic E-state index is 10.1. The maximum Gasteiger partial charge on any atom is 0.103 e. The van der Waals surface area contributed by atoms with E-state index in [1.807, 2.05) is 18.2 Å². The number of aliphatic hydroxyl groups excluding tert-OH is 1. The van der Waals surface area contributed by atoms with Crippen molar-refractivity contribution in [2.24, 2.45) is 0 Å². The second-order valence-electron chi connectivity index (χ2n) is 5.70. The molecule has 1 atom stereocenters. The summed E-state index contributed by atoms with van der Waals surface area (Å²) in [6.07, 6.45) is 10.6. The third kappa shape index (κ3) is 3.31. The van der Waals surface area contributed by atoms with Crippen LogP contribution in [0, 0.1) is 0 Å². The molecule has 1 N–H and O–H groups in total. The lowest BCUT2D eigenvalue weighted by atomic mass is 10.1. The van der Waals surface area contributed by atoms with Gasteiger partial charge in [0.15, 0.2) is 0 Å². The summed E-state index contributed by atoms with van der Waals surface area (Å²) in [5.41, 5.74) is 0.990. The Labute approximate surface area is 119 Å². The summed E-state index contributed by atoms with van der Waals surface area (Å²) in [6, 6.07) is 6.44. The first kappa shape index (κ1) is 13.4. The van der Waals surface area contributed by atoms with E-state index in [9.17, 15) is 5.11 Å². The summed E-state index contributed by atoms with van der Waals surface area (Å²) < 4.78 is 7.36. The lowest BCUT2D eigenvalue weighted by Gasteiger charge is -2.10. The molecule has 4 heteroatoms. The van der Waals surface area contributed by atoms with Crippen molar-refractivity contribution in [3.63, 3.8) is 0 Å². The SMILES string of the molecule is OC(CCc1ccco1)Cc1ccn(C2CCCC2)n1. The minimum absolute atomic E-state index is 0.355. The van der Waals surface area contributed by atoms with E-state index in [1.54, 1.807) is 6.26 Å². The molecule has 4 nitrogen and oxygen atoms in total. The number of aromatic nitrogens is 2. The molecule has 2 heterocycles. The zero-order chi connectivity index (χ0) is 13.8. The Hall–Kier alpha value is -1.55. The van der Waals surface area contributed by atoms with E-state index >= 15 is 0 Å². The van der Waals surface area contributed by atoms with Gasteiger partial charge in [0.2, 0.25) is 0 Å². The highest BCUT2D eigenvalue weighted by molar-refractivity contribution is 5.03. The molecule has 2 aromatic heterocycles. The molecule has 108 valence electrons. The molecule has 1 saturated carbocycles. The first-order valence-electron chi connectivity index (χ1n) is 7.56. The van der Waals surface area contributed by atoms with Gasteiger partial charge in [0.25, 0.3) is 0 Å². The Morgan fingerprint density at radius 2 is 2.20 bits per heavy atom. The summed E-state index contributed by atoms with van der Waals surface area (Å²) in [7, 11) is 0. The van der Waals surface area contributed by atoms with Gasteiger partial charge < -0.3 is 9.52 Å². The summed E-state index contributed by atoms with van der Waals surface area (Å²) in [4.78, 5) is 0. The molecule has 1 aliphatic carbocycles. The highest BCUT2D eigenvalue weighted by Gasteiger charge is 2.18. The van der Waals surface area contributed by atoms with Gasteiger partial charge in [-0.3, -0.25) is 4.68 Å². The average molecular weight is 274 g/mol. The molecule has 1 fully saturated rings. The van der Waals surface area contributed by atoms with Gasteiger partial charge in [-0.15, -0.1) is 0 Å². The van der Waals surface area contributed by atoms with Crippen LogP contribution < -0.4 is 0 Å². The number of rotatable bonds is 6. The fourth-order valence-electron chi connectivity index (χ4n) is 2.97. The highest BCUT2D eigenvalue weighted by atomic mass is 16.3. The van der Waals surface area contributed by atoms with Gasteiger partial charge in [-0.05, 0) is 37.5 Å². The lowest BCUT2D eigenvalue weighted by Crippen LogP contribution is -2.13. The number of hydrogen-bond donors (Lipinski definition) is 1. The second kappa shape index (κ2) is 6.27. The van der Waals surface area contributed by atoms with E-state index in [2.05, 4.69) is 16.0 Å². The first-order valence-corrected chi connectivity index (χ1v) is 7.56.